The van der Waals surface area contributed by atoms with Gasteiger partial charge in [0.05, 0.1) is 12.1 Å². The maximum absolute atomic E-state index is 9.89. The predicted octanol–water partition coefficient (Wildman–Crippen LogP) is 3.93. The molecule has 0 radical (unpaired) electrons. The number of hydrogen-bond acceptors (Lipinski definition) is 2. The van der Waals surface area contributed by atoms with Gasteiger partial charge in [-0.3, -0.25) is 0 Å². The summed E-state index contributed by atoms with van der Waals surface area (Å²) in [5.74, 6) is 0. The first-order valence-corrected chi connectivity index (χ1v) is 6.97. The molecule has 1 unspecified atom stereocenters. The zero-order valence-electron chi connectivity index (χ0n) is 12.7. The van der Waals surface area contributed by atoms with Crippen molar-refractivity contribution in [3.05, 3.63) is 64.7 Å². The Hall–Kier alpha value is -1.80. The quantitative estimate of drug-likeness (QED) is 0.881. The number of aliphatic hydroxyl groups excluding tert-OH is 1. The summed E-state index contributed by atoms with van der Waals surface area (Å²) < 4.78 is 0. The minimum Gasteiger partial charge on any atom is -0.394 e. The van der Waals surface area contributed by atoms with Gasteiger partial charge in [-0.1, -0.05) is 41.5 Å². The first kappa shape index (κ1) is 14.6. The molecule has 2 aromatic rings. The second kappa shape index (κ2) is 5.68. The zero-order chi connectivity index (χ0) is 14.8. The Balaban J connectivity index is 2.37. The second-order valence-electron chi connectivity index (χ2n) is 5.86. The van der Waals surface area contributed by atoms with Crippen LogP contribution in [0.2, 0.25) is 0 Å². The van der Waals surface area contributed by atoms with Crippen LogP contribution >= 0.6 is 0 Å². The fraction of sp³-hybridized carbons (Fsp3) is 0.333. The lowest BCUT2D eigenvalue weighted by molar-refractivity contribution is 0.224. The Labute approximate surface area is 121 Å². The van der Waals surface area contributed by atoms with Gasteiger partial charge in [0, 0.05) is 5.69 Å². The monoisotopic (exact) mass is 269 g/mol. The van der Waals surface area contributed by atoms with Gasteiger partial charge in [-0.2, -0.15) is 0 Å². The fourth-order valence-electron chi connectivity index (χ4n) is 2.54. The molecule has 2 heteroatoms. The summed E-state index contributed by atoms with van der Waals surface area (Å²) in [5.41, 5.74) is 5.29. The highest BCUT2D eigenvalue weighted by Gasteiger charge is 2.26. The molecular formula is C18H23NO. The summed E-state index contributed by atoms with van der Waals surface area (Å²) >= 11 is 0. The smallest absolute Gasteiger partial charge is 0.0828 e. The number of hydrogen-bond donors (Lipinski definition) is 2. The van der Waals surface area contributed by atoms with E-state index >= 15 is 0 Å². The molecule has 0 saturated carbocycles. The van der Waals surface area contributed by atoms with Crippen molar-refractivity contribution < 1.29 is 5.11 Å². The molecule has 0 saturated heterocycles. The van der Waals surface area contributed by atoms with Crippen molar-refractivity contribution >= 4 is 5.69 Å². The molecule has 106 valence electrons. The van der Waals surface area contributed by atoms with Crippen molar-refractivity contribution in [3.8, 4) is 0 Å². The molecular weight excluding hydrogens is 246 g/mol. The van der Waals surface area contributed by atoms with Crippen LogP contribution in [0.1, 0.15) is 29.2 Å². The fourth-order valence-corrected chi connectivity index (χ4v) is 2.54. The molecule has 0 aromatic heterocycles. The Morgan fingerprint density at radius 1 is 0.950 bits per heavy atom. The second-order valence-corrected chi connectivity index (χ2v) is 5.86. The molecule has 2 rings (SSSR count). The van der Waals surface area contributed by atoms with Gasteiger partial charge in [0.15, 0.2) is 0 Å². The first-order valence-electron chi connectivity index (χ1n) is 6.97. The standard InChI is InChI=1S/C18H23NO/c1-13-6-5-7-17(11-13)19-18(4,12-20)16-9-14(2)8-15(3)10-16/h5-11,19-20H,12H2,1-4H3. The average Bonchev–Trinajstić information content (AvgIpc) is 2.37. The van der Waals surface area contributed by atoms with Crippen LogP contribution in [0.15, 0.2) is 42.5 Å². The number of aryl methyl sites for hydroxylation is 3. The van der Waals surface area contributed by atoms with Gasteiger partial charge >= 0.3 is 0 Å². The van der Waals surface area contributed by atoms with Crippen LogP contribution in [0.5, 0.6) is 0 Å². The number of nitrogens with one attached hydrogen (secondary N) is 1. The zero-order valence-corrected chi connectivity index (χ0v) is 12.7. The van der Waals surface area contributed by atoms with Crippen LogP contribution in [0.3, 0.4) is 0 Å². The summed E-state index contributed by atoms with van der Waals surface area (Å²) in [5, 5.41) is 13.4. The molecule has 2 N–H and O–H groups in total. The van der Waals surface area contributed by atoms with E-state index in [0.717, 1.165) is 11.3 Å². The lowest BCUT2D eigenvalue weighted by Gasteiger charge is -2.31. The van der Waals surface area contributed by atoms with Crippen LogP contribution in [0, 0.1) is 20.8 Å². The van der Waals surface area contributed by atoms with Crippen molar-refractivity contribution in [1.29, 1.82) is 0 Å². The molecule has 0 aliphatic carbocycles. The SMILES string of the molecule is Cc1cccc(NC(C)(CO)c2cc(C)cc(C)c2)c1. The third-order valence-electron chi connectivity index (χ3n) is 3.61. The summed E-state index contributed by atoms with van der Waals surface area (Å²) in [6.45, 7) is 8.31. The Morgan fingerprint density at radius 3 is 2.15 bits per heavy atom. The van der Waals surface area contributed by atoms with Crippen molar-refractivity contribution in [3.63, 3.8) is 0 Å². The molecule has 0 amide bonds. The molecule has 2 nitrogen and oxygen atoms in total. The lowest BCUT2D eigenvalue weighted by Crippen LogP contribution is -2.36. The first-order chi connectivity index (χ1) is 9.43. The lowest BCUT2D eigenvalue weighted by atomic mass is 9.90. The molecule has 0 fully saturated rings. The Bertz CT molecular complexity index is 586. The minimum atomic E-state index is -0.482. The summed E-state index contributed by atoms with van der Waals surface area (Å²) in [7, 11) is 0. The highest BCUT2D eigenvalue weighted by Crippen LogP contribution is 2.27. The molecule has 0 spiro atoms. The number of benzene rings is 2. The van der Waals surface area contributed by atoms with Crippen LogP contribution in [0.4, 0.5) is 5.69 Å². The van der Waals surface area contributed by atoms with E-state index in [0.29, 0.717) is 0 Å². The number of aliphatic hydroxyl groups is 1. The van der Waals surface area contributed by atoms with Gasteiger partial charge in [0.1, 0.15) is 0 Å². The molecule has 0 bridgehead atoms. The van der Waals surface area contributed by atoms with Crippen molar-refractivity contribution in [2.75, 3.05) is 11.9 Å². The van der Waals surface area contributed by atoms with E-state index < -0.39 is 5.54 Å². The van der Waals surface area contributed by atoms with Crippen LogP contribution in [0.25, 0.3) is 0 Å². The maximum Gasteiger partial charge on any atom is 0.0828 e. The van der Waals surface area contributed by atoms with E-state index in [4.69, 9.17) is 0 Å². The third kappa shape index (κ3) is 3.20. The van der Waals surface area contributed by atoms with Crippen molar-refractivity contribution in [1.82, 2.24) is 0 Å². The Morgan fingerprint density at radius 2 is 1.60 bits per heavy atom. The molecule has 0 aliphatic rings. The molecule has 1 atom stereocenters. The third-order valence-corrected chi connectivity index (χ3v) is 3.61. The minimum absolute atomic E-state index is 0.0455. The van der Waals surface area contributed by atoms with E-state index in [-0.39, 0.29) is 6.61 Å². The predicted molar refractivity (Wildman–Crippen MR) is 85.2 cm³/mol. The molecule has 2 aromatic carbocycles. The summed E-state index contributed by atoms with van der Waals surface area (Å²) in [6.07, 6.45) is 0. The van der Waals surface area contributed by atoms with Crippen molar-refractivity contribution in [2.45, 2.75) is 33.2 Å². The number of rotatable bonds is 4. The molecule has 20 heavy (non-hydrogen) atoms. The van der Waals surface area contributed by atoms with E-state index in [1.54, 1.807) is 0 Å². The maximum atomic E-state index is 9.89. The molecule has 0 aliphatic heterocycles. The normalized spacial score (nSPS) is 13.8. The van der Waals surface area contributed by atoms with E-state index in [9.17, 15) is 5.11 Å². The van der Waals surface area contributed by atoms with E-state index in [1.165, 1.54) is 16.7 Å². The Kier molecular flexibility index (Phi) is 4.15. The van der Waals surface area contributed by atoms with Gasteiger partial charge in [-0.15, -0.1) is 0 Å². The molecule has 0 heterocycles. The van der Waals surface area contributed by atoms with Gasteiger partial charge in [0.2, 0.25) is 0 Å². The number of anilines is 1. The van der Waals surface area contributed by atoms with E-state index in [2.05, 4.69) is 56.4 Å². The van der Waals surface area contributed by atoms with Crippen molar-refractivity contribution in [2.24, 2.45) is 0 Å². The topological polar surface area (TPSA) is 32.3 Å². The summed E-state index contributed by atoms with van der Waals surface area (Å²) in [4.78, 5) is 0. The highest BCUT2D eigenvalue weighted by atomic mass is 16.3. The van der Waals surface area contributed by atoms with Crippen LogP contribution in [-0.2, 0) is 5.54 Å². The van der Waals surface area contributed by atoms with Gasteiger partial charge in [0.25, 0.3) is 0 Å². The van der Waals surface area contributed by atoms with Crippen LogP contribution in [-0.4, -0.2) is 11.7 Å². The summed E-state index contributed by atoms with van der Waals surface area (Å²) in [6, 6.07) is 14.6. The van der Waals surface area contributed by atoms with Gasteiger partial charge < -0.3 is 10.4 Å². The van der Waals surface area contributed by atoms with Gasteiger partial charge in [-0.05, 0) is 51.0 Å². The highest BCUT2D eigenvalue weighted by molar-refractivity contribution is 5.50. The van der Waals surface area contributed by atoms with E-state index in [1.807, 2.05) is 19.1 Å². The van der Waals surface area contributed by atoms with Crippen LogP contribution < -0.4 is 5.32 Å². The van der Waals surface area contributed by atoms with Gasteiger partial charge in [-0.25, -0.2) is 0 Å². The largest absolute Gasteiger partial charge is 0.394 e. The average molecular weight is 269 g/mol.